The molecule has 0 atom stereocenters. The van der Waals surface area contributed by atoms with Crippen LogP contribution in [-0.4, -0.2) is 29.7 Å². The Kier molecular flexibility index (Phi) is 6.58. The van der Waals surface area contributed by atoms with Crippen molar-refractivity contribution in [2.24, 2.45) is 0 Å². The zero-order chi connectivity index (χ0) is 17.7. The van der Waals surface area contributed by atoms with E-state index in [0.29, 0.717) is 13.1 Å². The summed E-state index contributed by atoms with van der Waals surface area (Å²) in [5.74, 6) is -0.0865. The summed E-state index contributed by atoms with van der Waals surface area (Å²) in [5.41, 5.74) is -0.140. The number of hydrogen-bond acceptors (Lipinski definition) is 5. The zero-order valence-electron chi connectivity index (χ0n) is 14.7. The molecule has 2 amide bonds. The number of thiophene rings is 1. The Morgan fingerprint density at radius 2 is 1.87 bits per heavy atom. The van der Waals surface area contributed by atoms with Gasteiger partial charge in [0, 0.05) is 24.9 Å². The van der Waals surface area contributed by atoms with Crippen molar-refractivity contribution in [2.45, 2.75) is 59.2 Å². The Morgan fingerprint density at radius 1 is 1.22 bits per heavy atom. The van der Waals surface area contributed by atoms with Crippen LogP contribution in [0, 0.1) is 0 Å². The number of hydrogen-bond donors (Lipinski definition) is 3. The minimum absolute atomic E-state index is 0.0865. The number of alkyl carbamates (subject to hydrolysis) is 1. The van der Waals surface area contributed by atoms with Crippen LogP contribution in [0.15, 0.2) is 11.4 Å². The van der Waals surface area contributed by atoms with Crippen molar-refractivity contribution in [1.29, 1.82) is 0 Å². The van der Waals surface area contributed by atoms with E-state index in [1.54, 1.807) is 11.3 Å². The number of ether oxygens (including phenoxy) is 1. The predicted octanol–water partition coefficient (Wildman–Crippen LogP) is 3.10. The highest BCUT2D eigenvalue weighted by Gasteiger charge is 2.24. The Labute approximate surface area is 142 Å². The SMILES string of the molecule is CC(=O)Nc1ccsc1CNCC(C)(C)NC(=O)OC(C)(C)C. The highest BCUT2D eigenvalue weighted by molar-refractivity contribution is 7.10. The highest BCUT2D eigenvalue weighted by atomic mass is 32.1. The van der Waals surface area contributed by atoms with Gasteiger partial charge >= 0.3 is 6.09 Å². The number of carbonyl (C=O) groups is 2. The molecule has 0 saturated heterocycles. The minimum atomic E-state index is -0.516. The van der Waals surface area contributed by atoms with Gasteiger partial charge in [-0.05, 0) is 46.1 Å². The molecule has 0 fully saturated rings. The van der Waals surface area contributed by atoms with E-state index in [4.69, 9.17) is 4.74 Å². The molecule has 0 aliphatic rings. The lowest BCUT2D eigenvalue weighted by molar-refractivity contribution is -0.114. The largest absolute Gasteiger partial charge is 0.444 e. The van der Waals surface area contributed by atoms with Crippen molar-refractivity contribution in [2.75, 3.05) is 11.9 Å². The van der Waals surface area contributed by atoms with Crippen molar-refractivity contribution in [3.05, 3.63) is 16.3 Å². The lowest BCUT2D eigenvalue weighted by Crippen LogP contribution is -2.51. The maximum Gasteiger partial charge on any atom is 0.408 e. The molecule has 0 radical (unpaired) electrons. The standard InChI is InChI=1S/C16H27N3O3S/c1-11(20)18-12-7-8-23-13(12)9-17-10-16(5,6)19-14(21)22-15(2,3)4/h7-8,17H,9-10H2,1-6H3,(H,18,20)(H,19,21). The molecule has 3 N–H and O–H groups in total. The Hall–Kier alpha value is -1.60. The molecule has 1 rings (SSSR count). The topological polar surface area (TPSA) is 79.5 Å². The Morgan fingerprint density at radius 3 is 2.43 bits per heavy atom. The van der Waals surface area contributed by atoms with E-state index in [-0.39, 0.29) is 5.91 Å². The van der Waals surface area contributed by atoms with Crippen molar-refractivity contribution < 1.29 is 14.3 Å². The van der Waals surface area contributed by atoms with E-state index in [1.807, 2.05) is 46.1 Å². The first-order chi connectivity index (χ1) is 10.5. The summed E-state index contributed by atoms with van der Waals surface area (Å²) in [6, 6.07) is 1.88. The number of carbonyl (C=O) groups excluding carboxylic acids is 2. The molecule has 130 valence electrons. The maximum atomic E-state index is 11.8. The van der Waals surface area contributed by atoms with Crippen LogP contribution in [0.25, 0.3) is 0 Å². The van der Waals surface area contributed by atoms with Crippen LogP contribution in [0.5, 0.6) is 0 Å². The second kappa shape index (κ2) is 7.79. The summed E-state index contributed by atoms with van der Waals surface area (Å²) in [5, 5.41) is 10.9. The molecule has 0 saturated carbocycles. The lowest BCUT2D eigenvalue weighted by Gasteiger charge is -2.29. The second-order valence-corrected chi connectivity index (χ2v) is 8.05. The summed E-state index contributed by atoms with van der Waals surface area (Å²) < 4.78 is 5.27. The van der Waals surface area contributed by atoms with E-state index in [0.717, 1.165) is 10.6 Å². The molecule has 23 heavy (non-hydrogen) atoms. The molecular weight excluding hydrogens is 314 g/mol. The summed E-state index contributed by atoms with van der Waals surface area (Å²) in [4.78, 5) is 24.0. The van der Waals surface area contributed by atoms with Gasteiger partial charge in [0.2, 0.25) is 5.91 Å². The molecule has 0 bridgehead atoms. The summed E-state index contributed by atoms with van der Waals surface area (Å²) in [7, 11) is 0. The molecular formula is C16H27N3O3S. The molecule has 0 unspecified atom stereocenters. The van der Waals surface area contributed by atoms with Gasteiger partial charge in [0.15, 0.2) is 0 Å². The van der Waals surface area contributed by atoms with Crippen LogP contribution >= 0.6 is 11.3 Å². The van der Waals surface area contributed by atoms with Crippen LogP contribution in [-0.2, 0) is 16.1 Å². The van der Waals surface area contributed by atoms with Crippen LogP contribution in [0.1, 0.15) is 46.4 Å². The van der Waals surface area contributed by atoms with Gasteiger partial charge in [0.1, 0.15) is 5.60 Å². The molecule has 1 aromatic heterocycles. The number of nitrogens with one attached hydrogen (secondary N) is 3. The van der Waals surface area contributed by atoms with Crippen LogP contribution in [0.2, 0.25) is 0 Å². The van der Waals surface area contributed by atoms with Gasteiger partial charge in [-0.25, -0.2) is 4.79 Å². The first-order valence-corrected chi connectivity index (χ1v) is 8.42. The number of anilines is 1. The Bertz CT molecular complexity index is 547. The van der Waals surface area contributed by atoms with E-state index < -0.39 is 17.2 Å². The van der Waals surface area contributed by atoms with E-state index >= 15 is 0 Å². The van der Waals surface area contributed by atoms with Crippen molar-refractivity contribution in [3.8, 4) is 0 Å². The molecule has 1 aromatic rings. The summed E-state index contributed by atoms with van der Waals surface area (Å²) >= 11 is 1.57. The van der Waals surface area contributed by atoms with Crippen LogP contribution in [0.3, 0.4) is 0 Å². The van der Waals surface area contributed by atoms with E-state index in [1.165, 1.54) is 6.92 Å². The fraction of sp³-hybridized carbons (Fsp3) is 0.625. The van der Waals surface area contributed by atoms with E-state index in [9.17, 15) is 9.59 Å². The molecule has 0 aromatic carbocycles. The average molecular weight is 341 g/mol. The smallest absolute Gasteiger partial charge is 0.408 e. The number of amides is 2. The monoisotopic (exact) mass is 341 g/mol. The number of rotatable bonds is 6. The lowest BCUT2D eigenvalue weighted by atomic mass is 10.1. The third kappa shape index (κ3) is 7.99. The third-order valence-electron chi connectivity index (χ3n) is 2.75. The van der Waals surface area contributed by atoms with Crippen molar-refractivity contribution >= 4 is 29.0 Å². The summed E-state index contributed by atoms with van der Waals surface area (Å²) in [6.07, 6.45) is -0.431. The quantitative estimate of drug-likeness (QED) is 0.743. The minimum Gasteiger partial charge on any atom is -0.444 e. The summed E-state index contributed by atoms with van der Waals surface area (Å²) in [6.45, 7) is 12.0. The maximum absolute atomic E-state index is 11.8. The van der Waals surface area contributed by atoms with Crippen molar-refractivity contribution in [1.82, 2.24) is 10.6 Å². The van der Waals surface area contributed by atoms with Gasteiger partial charge in [0.05, 0.1) is 11.2 Å². The first-order valence-electron chi connectivity index (χ1n) is 7.54. The van der Waals surface area contributed by atoms with E-state index in [2.05, 4.69) is 16.0 Å². The molecule has 0 spiro atoms. The second-order valence-electron chi connectivity index (χ2n) is 7.05. The van der Waals surface area contributed by atoms with Crippen LogP contribution < -0.4 is 16.0 Å². The third-order valence-corrected chi connectivity index (χ3v) is 3.67. The average Bonchev–Trinajstić information content (AvgIpc) is 2.71. The van der Waals surface area contributed by atoms with Gasteiger partial charge in [0.25, 0.3) is 0 Å². The molecule has 6 nitrogen and oxygen atoms in total. The fourth-order valence-electron chi connectivity index (χ4n) is 1.89. The molecule has 0 aliphatic carbocycles. The highest BCUT2D eigenvalue weighted by Crippen LogP contribution is 2.22. The van der Waals surface area contributed by atoms with Gasteiger partial charge in [-0.3, -0.25) is 4.79 Å². The molecule has 0 aliphatic heterocycles. The van der Waals surface area contributed by atoms with Crippen molar-refractivity contribution in [3.63, 3.8) is 0 Å². The van der Waals surface area contributed by atoms with Gasteiger partial charge < -0.3 is 20.7 Å². The zero-order valence-corrected chi connectivity index (χ0v) is 15.5. The predicted molar refractivity (Wildman–Crippen MR) is 93.8 cm³/mol. The Balaban J connectivity index is 2.46. The van der Waals surface area contributed by atoms with Gasteiger partial charge in [-0.2, -0.15) is 0 Å². The fourth-order valence-corrected chi connectivity index (χ4v) is 2.69. The molecule has 1 heterocycles. The van der Waals surface area contributed by atoms with Crippen LogP contribution in [0.4, 0.5) is 10.5 Å². The first kappa shape index (κ1) is 19.4. The normalized spacial score (nSPS) is 11.9. The van der Waals surface area contributed by atoms with Gasteiger partial charge in [-0.15, -0.1) is 11.3 Å². The molecule has 7 heteroatoms. The van der Waals surface area contributed by atoms with Gasteiger partial charge in [-0.1, -0.05) is 0 Å².